The summed E-state index contributed by atoms with van der Waals surface area (Å²) in [4.78, 5) is 41.0. The zero-order valence-electron chi connectivity index (χ0n) is 14.1. The largest absolute Gasteiger partial charge is 0.507 e. The third kappa shape index (κ3) is 2.63. The number of carbonyl (C=O) groups excluding carboxylic acids is 3. The van der Waals surface area contributed by atoms with E-state index < -0.39 is 29.0 Å². The topological polar surface area (TPSA) is 113 Å². The molecule has 0 fully saturated rings. The molecule has 0 aliphatic heterocycles. The molecule has 0 spiro atoms. The maximum absolute atomic E-state index is 12.8. The van der Waals surface area contributed by atoms with Crippen molar-refractivity contribution in [3.63, 3.8) is 0 Å². The van der Waals surface area contributed by atoms with Crippen molar-refractivity contribution in [2.24, 2.45) is 5.16 Å². The maximum Gasteiger partial charge on any atom is 0.331 e. The number of nitrogens with zero attached hydrogens (tertiary/aromatic N) is 1. The van der Waals surface area contributed by atoms with Crippen molar-refractivity contribution >= 4 is 23.2 Å². The van der Waals surface area contributed by atoms with Gasteiger partial charge in [0.05, 0.1) is 16.8 Å². The first kappa shape index (κ1) is 17.3. The fourth-order valence-electron chi connectivity index (χ4n) is 2.90. The Kier molecular flexibility index (Phi) is 4.29. The van der Waals surface area contributed by atoms with Crippen LogP contribution in [0, 0.1) is 0 Å². The molecule has 0 heterocycles. The molecule has 2 aromatic carbocycles. The van der Waals surface area contributed by atoms with Gasteiger partial charge in [0.15, 0.2) is 11.6 Å². The molecule has 26 heavy (non-hydrogen) atoms. The zero-order valence-corrected chi connectivity index (χ0v) is 14.1. The van der Waals surface area contributed by atoms with Crippen LogP contribution in [0.5, 0.6) is 11.5 Å². The fourth-order valence-corrected chi connectivity index (χ4v) is 2.90. The van der Waals surface area contributed by atoms with Gasteiger partial charge in [0, 0.05) is 23.6 Å². The van der Waals surface area contributed by atoms with Gasteiger partial charge in [-0.1, -0.05) is 36.3 Å². The Morgan fingerprint density at radius 3 is 2.19 bits per heavy atom. The van der Waals surface area contributed by atoms with Crippen molar-refractivity contribution in [3.05, 3.63) is 58.1 Å². The van der Waals surface area contributed by atoms with Crippen molar-refractivity contribution in [3.8, 4) is 11.5 Å². The van der Waals surface area contributed by atoms with Crippen LogP contribution in [0.3, 0.4) is 0 Å². The van der Waals surface area contributed by atoms with Gasteiger partial charge in [0.2, 0.25) is 0 Å². The number of phenolic OH excluding ortho intramolecular Hbond substituents is 2. The Hall–Kier alpha value is -3.48. The Morgan fingerprint density at radius 2 is 1.65 bits per heavy atom. The van der Waals surface area contributed by atoms with Crippen LogP contribution in [0.2, 0.25) is 0 Å². The third-order valence-electron chi connectivity index (χ3n) is 4.08. The normalized spacial score (nSPS) is 13.2. The molecule has 0 saturated heterocycles. The van der Waals surface area contributed by atoms with E-state index >= 15 is 0 Å². The minimum atomic E-state index is -0.655. The van der Waals surface area contributed by atoms with Crippen molar-refractivity contribution in [2.75, 3.05) is 0 Å². The van der Waals surface area contributed by atoms with Gasteiger partial charge in [-0.2, -0.15) is 0 Å². The number of rotatable bonds is 3. The highest BCUT2D eigenvalue weighted by atomic mass is 16.7. The van der Waals surface area contributed by atoms with Crippen molar-refractivity contribution in [1.82, 2.24) is 0 Å². The van der Waals surface area contributed by atoms with Crippen LogP contribution >= 0.6 is 0 Å². The molecular formula is C19H15NO6. The lowest BCUT2D eigenvalue weighted by Crippen LogP contribution is -2.22. The molecule has 7 nitrogen and oxygen atoms in total. The lowest BCUT2D eigenvalue weighted by molar-refractivity contribution is -0.140. The monoisotopic (exact) mass is 353 g/mol. The smallest absolute Gasteiger partial charge is 0.331 e. The second-order valence-corrected chi connectivity index (χ2v) is 5.72. The predicted octanol–water partition coefficient (Wildman–Crippen LogP) is 2.55. The highest BCUT2D eigenvalue weighted by Gasteiger charge is 2.36. The fraction of sp³-hybridized carbons (Fsp3) is 0.158. The molecule has 0 bridgehead atoms. The van der Waals surface area contributed by atoms with E-state index in [1.54, 1.807) is 19.1 Å². The van der Waals surface area contributed by atoms with Crippen molar-refractivity contribution in [2.45, 2.75) is 20.3 Å². The standard InChI is InChI=1S/C19H15NO6/c1-3-13(20-26-9(2)21)12-8-14(22)15-16(19(12)25)18(24)11-7-5-4-6-10(11)17(15)23/h4-8,22,25H,3H2,1-2H3/b20-13+. The highest BCUT2D eigenvalue weighted by Crippen LogP contribution is 2.40. The molecule has 132 valence electrons. The van der Waals surface area contributed by atoms with Crippen LogP contribution in [-0.2, 0) is 9.63 Å². The Morgan fingerprint density at radius 1 is 1.08 bits per heavy atom. The lowest BCUT2D eigenvalue weighted by atomic mass is 9.81. The molecule has 0 saturated carbocycles. The van der Waals surface area contributed by atoms with E-state index in [1.165, 1.54) is 19.1 Å². The van der Waals surface area contributed by atoms with Crippen LogP contribution in [0.25, 0.3) is 0 Å². The lowest BCUT2D eigenvalue weighted by Gasteiger charge is -2.21. The molecule has 1 aliphatic rings. The molecule has 0 aromatic heterocycles. The number of oxime groups is 1. The Labute approximate surface area is 148 Å². The zero-order chi connectivity index (χ0) is 19.0. The van der Waals surface area contributed by atoms with E-state index in [9.17, 15) is 24.6 Å². The number of benzene rings is 2. The summed E-state index contributed by atoms with van der Waals surface area (Å²) in [5, 5.41) is 24.6. The molecule has 0 unspecified atom stereocenters. The highest BCUT2D eigenvalue weighted by molar-refractivity contribution is 6.31. The van der Waals surface area contributed by atoms with Gasteiger partial charge in [-0.15, -0.1) is 0 Å². The molecule has 2 aromatic rings. The SMILES string of the molecule is CC/C(=N\OC(C)=O)c1cc(O)c2c(c1O)C(=O)c1ccccc1C2=O. The molecular weight excluding hydrogens is 338 g/mol. The number of aromatic hydroxyl groups is 2. The van der Waals surface area contributed by atoms with Gasteiger partial charge >= 0.3 is 5.97 Å². The summed E-state index contributed by atoms with van der Waals surface area (Å²) >= 11 is 0. The van der Waals surface area contributed by atoms with Crippen LogP contribution in [0.1, 0.15) is 57.7 Å². The number of fused-ring (bicyclic) bond motifs is 2. The number of phenols is 2. The van der Waals surface area contributed by atoms with Crippen LogP contribution < -0.4 is 0 Å². The number of carbonyl (C=O) groups is 3. The van der Waals surface area contributed by atoms with E-state index in [4.69, 9.17) is 0 Å². The van der Waals surface area contributed by atoms with Crippen LogP contribution in [0.4, 0.5) is 0 Å². The molecule has 0 radical (unpaired) electrons. The molecule has 2 N–H and O–H groups in total. The van der Waals surface area contributed by atoms with E-state index in [0.29, 0.717) is 0 Å². The third-order valence-corrected chi connectivity index (χ3v) is 4.08. The summed E-state index contributed by atoms with van der Waals surface area (Å²) in [7, 11) is 0. The second-order valence-electron chi connectivity index (χ2n) is 5.72. The summed E-state index contributed by atoms with van der Waals surface area (Å²) in [6, 6.07) is 7.33. The number of hydrogen-bond donors (Lipinski definition) is 2. The van der Waals surface area contributed by atoms with Crippen LogP contribution in [-0.4, -0.2) is 33.5 Å². The van der Waals surface area contributed by atoms with Gasteiger partial charge in [-0.25, -0.2) is 4.79 Å². The van der Waals surface area contributed by atoms with Crippen LogP contribution in [0.15, 0.2) is 35.5 Å². The maximum atomic E-state index is 12.8. The minimum Gasteiger partial charge on any atom is -0.507 e. The number of hydrogen-bond acceptors (Lipinski definition) is 7. The Bertz CT molecular complexity index is 990. The molecule has 7 heteroatoms. The van der Waals surface area contributed by atoms with Crippen molar-refractivity contribution in [1.29, 1.82) is 0 Å². The van der Waals surface area contributed by atoms with Gasteiger partial charge in [0.1, 0.15) is 11.5 Å². The van der Waals surface area contributed by atoms with E-state index in [2.05, 4.69) is 9.99 Å². The second kappa shape index (κ2) is 6.44. The summed E-state index contributed by atoms with van der Waals surface area (Å²) in [5.41, 5.74) is -0.0606. The molecule has 3 rings (SSSR count). The van der Waals surface area contributed by atoms with Gasteiger partial charge in [0.25, 0.3) is 0 Å². The van der Waals surface area contributed by atoms with E-state index in [1.807, 2.05) is 0 Å². The van der Waals surface area contributed by atoms with Gasteiger partial charge in [-0.05, 0) is 12.5 Å². The molecule has 1 aliphatic carbocycles. The summed E-state index contributed by atoms with van der Waals surface area (Å²) in [5.74, 6) is -2.72. The quantitative estimate of drug-likeness (QED) is 0.324. The summed E-state index contributed by atoms with van der Waals surface area (Å²) in [6.07, 6.45) is 0.248. The number of ketones is 2. The summed E-state index contributed by atoms with van der Waals surface area (Å²) < 4.78 is 0. The van der Waals surface area contributed by atoms with E-state index in [0.717, 1.165) is 6.07 Å². The van der Waals surface area contributed by atoms with Gasteiger partial charge in [-0.3, -0.25) is 9.59 Å². The van der Waals surface area contributed by atoms with E-state index in [-0.39, 0.29) is 39.9 Å². The first-order valence-corrected chi connectivity index (χ1v) is 7.89. The Balaban J connectivity index is 2.25. The van der Waals surface area contributed by atoms with Gasteiger partial charge < -0.3 is 15.1 Å². The first-order chi connectivity index (χ1) is 12.4. The minimum absolute atomic E-state index is 0.0190. The first-order valence-electron chi connectivity index (χ1n) is 7.89. The average molecular weight is 353 g/mol. The predicted molar refractivity (Wildman–Crippen MR) is 91.7 cm³/mol. The summed E-state index contributed by atoms with van der Waals surface area (Å²) in [6.45, 7) is 2.86. The van der Waals surface area contributed by atoms with Crippen molar-refractivity contribution < 1.29 is 29.4 Å². The molecule has 0 amide bonds. The molecule has 0 atom stereocenters. The average Bonchev–Trinajstić information content (AvgIpc) is 2.62.